The van der Waals surface area contributed by atoms with E-state index in [2.05, 4.69) is 19.9 Å². The summed E-state index contributed by atoms with van der Waals surface area (Å²) in [5, 5.41) is 0. The van der Waals surface area contributed by atoms with Crippen LogP contribution in [0.15, 0.2) is 12.7 Å². The van der Waals surface area contributed by atoms with E-state index < -0.39 is 0 Å². The number of aromatic amines is 1. The predicted molar refractivity (Wildman–Crippen MR) is 66.1 cm³/mol. The van der Waals surface area contributed by atoms with Gasteiger partial charge >= 0.3 is 0 Å². The largest absolute Gasteiger partial charge is 0.341 e. The molecule has 3 heterocycles. The number of imidazole rings is 1. The third kappa shape index (κ3) is 1.94. The molecule has 2 aromatic rings. The molecule has 2 aromatic heterocycles. The van der Waals surface area contributed by atoms with Crippen LogP contribution in [0.5, 0.6) is 0 Å². The Hall–Kier alpha value is -1.98. The van der Waals surface area contributed by atoms with E-state index in [9.17, 15) is 4.79 Å². The van der Waals surface area contributed by atoms with Gasteiger partial charge < -0.3 is 9.88 Å². The number of rotatable bonds is 1. The van der Waals surface area contributed by atoms with Crippen LogP contribution in [0.2, 0.25) is 0 Å². The summed E-state index contributed by atoms with van der Waals surface area (Å²) in [6.07, 6.45) is 7.48. The van der Waals surface area contributed by atoms with Crippen LogP contribution in [0, 0.1) is 0 Å². The molecule has 0 spiro atoms. The van der Waals surface area contributed by atoms with Gasteiger partial charge in [0.05, 0.1) is 6.33 Å². The Labute approximate surface area is 104 Å². The molecule has 0 atom stereocenters. The van der Waals surface area contributed by atoms with Gasteiger partial charge in [0.2, 0.25) is 0 Å². The van der Waals surface area contributed by atoms with Crippen molar-refractivity contribution < 1.29 is 4.79 Å². The molecule has 1 saturated heterocycles. The molecule has 3 rings (SSSR count). The van der Waals surface area contributed by atoms with Crippen molar-refractivity contribution in [2.75, 3.05) is 13.1 Å². The molecule has 1 aliphatic heterocycles. The van der Waals surface area contributed by atoms with Crippen LogP contribution in [0.25, 0.3) is 11.2 Å². The quantitative estimate of drug-likeness (QED) is 0.823. The molecule has 18 heavy (non-hydrogen) atoms. The van der Waals surface area contributed by atoms with Crippen molar-refractivity contribution in [1.29, 1.82) is 0 Å². The van der Waals surface area contributed by atoms with Gasteiger partial charge in [0, 0.05) is 13.1 Å². The van der Waals surface area contributed by atoms with Crippen molar-refractivity contribution >= 4 is 17.1 Å². The van der Waals surface area contributed by atoms with Crippen LogP contribution in [-0.4, -0.2) is 43.8 Å². The standard InChI is InChI=1S/C12H15N5O/c18-12(17-5-3-1-2-4-6-17)10-9-11(15-7-13-9)16-8-14-10/h7-8H,1-6H2,(H,13,14,15,16). The second-order valence-electron chi connectivity index (χ2n) is 4.53. The zero-order chi connectivity index (χ0) is 12.4. The smallest absolute Gasteiger partial charge is 0.274 e. The Kier molecular flexibility index (Phi) is 2.92. The molecule has 1 amide bonds. The fourth-order valence-electron chi connectivity index (χ4n) is 2.35. The van der Waals surface area contributed by atoms with Crippen LogP contribution in [0.3, 0.4) is 0 Å². The van der Waals surface area contributed by atoms with Gasteiger partial charge in [-0.2, -0.15) is 0 Å². The second-order valence-corrected chi connectivity index (χ2v) is 4.53. The van der Waals surface area contributed by atoms with Crippen molar-refractivity contribution in [1.82, 2.24) is 24.8 Å². The first kappa shape index (κ1) is 11.1. The average Bonchev–Trinajstić information content (AvgIpc) is 2.71. The number of aromatic nitrogens is 4. The Balaban J connectivity index is 1.93. The van der Waals surface area contributed by atoms with E-state index in [1.54, 1.807) is 6.33 Å². The van der Waals surface area contributed by atoms with Crippen LogP contribution in [-0.2, 0) is 0 Å². The van der Waals surface area contributed by atoms with Gasteiger partial charge in [-0.15, -0.1) is 0 Å². The third-order valence-electron chi connectivity index (χ3n) is 3.32. The highest BCUT2D eigenvalue weighted by Crippen LogP contribution is 2.15. The van der Waals surface area contributed by atoms with Crippen LogP contribution in [0.1, 0.15) is 36.2 Å². The molecule has 0 bridgehead atoms. The van der Waals surface area contributed by atoms with Gasteiger partial charge in [-0.05, 0) is 12.8 Å². The van der Waals surface area contributed by atoms with Crippen molar-refractivity contribution in [3.05, 3.63) is 18.3 Å². The van der Waals surface area contributed by atoms with E-state index in [1.807, 2.05) is 4.90 Å². The van der Waals surface area contributed by atoms with E-state index >= 15 is 0 Å². The number of hydrogen-bond acceptors (Lipinski definition) is 4. The van der Waals surface area contributed by atoms with Crippen molar-refractivity contribution in [3.8, 4) is 0 Å². The van der Waals surface area contributed by atoms with E-state index in [0.29, 0.717) is 16.9 Å². The predicted octanol–water partition coefficient (Wildman–Crippen LogP) is 1.37. The Bertz CT molecular complexity index is 556. The maximum absolute atomic E-state index is 12.5. The molecule has 0 radical (unpaired) electrons. The van der Waals surface area contributed by atoms with E-state index in [1.165, 1.54) is 19.2 Å². The minimum absolute atomic E-state index is 0.0199. The fraction of sp³-hybridized carbons (Fsp3) is 0.500. The summed E-state index contributed by atoms with van der Waals surface area (Å²) in [6, 6.07) is 0. The topological polar surface area (TPSA) is 74.8 Å². The molecule has 0 saturated carbocycles. The summed E-state index contributed by atoms with van der Waals surface area (Å²) in [5.74, 6) is -0.0199. The van der Waals surface area contributed by atoms with Gasteiger partial charge in [-0.1, -0.05) is 12.8 Å². The summed E-state index contributed by atoms with van der Waals surface area (Å²) < 4.78 is 0. The van der Waals surface area contributed by atoms with Crippen LogP contribution in [0.4, 0.5) is 0 Å². The fourth-order valence-corrected chi connectivity index (χ4v) is 2.35. The lowest BCUT2D eigenvalue weighted by molar-refractivity contribution is 0.0757. The number of H-pyrrole nitrogens is 1. The molecule has 0 unspecified atom stereocenters. The monoisotopic (exact) mass is 245 g/mol. The molecule has 1 aliphatic rings. The number of nitrogens with one attached hydrogen (secondary N) is 1. The lowest BCUT2D eigenvalue weighted by Crippen LogP contribution is -2.32. The molecular formula is C12H15N5O. The molecule has 1 fully saturated rings. The SMILES string of the molecule is O=C(c1ncnc2nc[nH]c12)N1CCCCCC1. The van der Waals surface area contributed by atoms with Crippen molar-refractivity contribution in [2.24, 2.45) is 0 Å². The maximum atomic E-state index is 12.5. The number of carbonyl (C=O) groups excluding carboxylic acids is 1. The molecule has 1 N–H and O–H groups in total. The summed E-state index contributed by atoms with van der Waals surface area (Å²) in [4.78, 5) is 29.5. The van der Waals surface area contributed by atoms with E-state index in [0.717, 1.165) is 25.9 Å². The van der Waals surface area contributed by atoms with E-state index in [-0.39, 0.29) is 5.91 Å². The zero-order valence-electron chi connectivity index (χ0n) is 10.1. The number of hydrogen-bond donors (Lipinski definition) is 1. The lowest BCUT2D eigenvalue weighted by atomic mass is 10.2. The number of nitrogens with zero attached hydrogens (tertiary/aromatic N) is 4. The first-order chi connectivity index (χ1) is 8.86. The van der Waals surface area contributed by atoms with Crippen LogP contribution >= 0.6 is 0 Å². The molecular weight excluding hydrogens is 230 g/mol. The second kappa shape index (κ2) is 4.72. The minimum atomic E-state index is -0.0199. The summed E-state index contributed by atoms with van der Waals surface area (Å²) in [5.41, 5.74) is 1.61. The van der Waals surface area contributed by atoms with Gasteiger partial charge in [0.1, 0.15) is 11.8 Å². The molecule has 94 valence electrons. The van der Waals surface area contributed by atoms with Crippen LogP contribution < -0.4 is 0 Å². The molecule has 0 aliphatic carbocycles. The van der Waals surface area contributed by atoms with Crippen molar-refractivity contribution in [2.45, 2.75) is 25.7 Å². The third-order valence-corrected chi connectivity index (χ3v) is 3.32. The minimum Gasteiger partial charge on any atom is -0.341 e. The summed E-state index contributed by atoms with van der Waals surface area (Å²) in [7, 11) is 0. The van der Waals surface area contributed by atoms with Gasteiger partial charge in [0.25, 0.3) is 5.91 Å². The number of likely N-dealkylation sites (tertiary alicyclic amines) is 1. The summed E-state index contributed by atoms with van der Waals surface area (Å²) in [6.45, 7) is 1.64. The van der Waals surface area contributed by atoms with Gasteiger partial charge in [-0.3, -0.25) is 4.79 Å². The highest BCUT2D eigenvalue weighted by molar-refractivity contribution is 6.01. The molecule has 6 nitrogen and oxygen atoms in total. The number of fused-ring (bicyclic) bond motifs is 1. The highest BCUT2D eigenvalue weighted by atomic mass is 16.2. The lowest BCUT2D eigenvalue weighted by Gasteiger charge is -2.19. The number of carbonyl (C=O) groups is 1. The highest BCUT2D eigenvalue weighted by Gasteiger charge is 2.21. The van der Waals surface area contributed by atoms with Gasteiger partial charge in [0.15, 0.2) is 11.3 Å². The van der Waals surface area contributed by atoms with E-state index in [4.69, 9.17) is 0 Å². The van der Waals surface area contributed by atoms with Gasteiger partial charge in [-0.25, -0.2) is 15.0 Å². The Morgan fingerprint density at radius 1 is 1.11 bits per heavy atom. The average molecular weight is 245 g/mol. The molecule has 6 heteroatoms. The Morgan fingerprint density at radius 3 is 2.67 bits per heavy atom. The zero-order valence-corrected chi connectivity index (χ0v) is 10.1. The van der Waals surface area contributed by atoms with Crippen molar-refractivity contribution in [3.63, 3.8) is 0 Å². The normalized spacial score (nSPS) is 16.8. The maximum Gasteiger partial charge on any atom is 0.274 e. The first-order valence-electron chi connectivity index (χ1n) is 6.29. The first-order valence-corrected chi connectivity index (χ1v) is 6.29. The summed E-state index contributed by atoms with van der Waals surface area (Å²) >= 11 is 0. The molecule has 0 aromatic carbocycles. The Morgan fingerprint density at radius 2 is 1.89 bits per heavy atom. The number of amides is 1.